The maximum atomic E-state index is 11.5. The highest BCUT2D eigenvalue weighted by molar-refractivity contribution is 5.77. The van der Waals surface area contributed by atoms with Crippen molar-refractivity contribution in [1.82, 2.24) is 10.2 Å². The van der Waals surface area contributed by atoms with Gasteiger partial charge in [-0.25, -0.2) is 0 Å². The number of ether oxygens (including phenoxy) is 2. The van der Waals surface area contributed by atoms with Gasteiger partial charge in [0.2, 0.25) is 5.91 Å². The van der Waals surface area contributed by atoms with Gasteiger partial charge in [0.1, 0.15) is 0 Å². The molecule has 0 atom stereocenters. The Bertz CT molecular complexity index is 210. The van der Waals surface area contributed by atoms with Crippen molar-refractivity contribution in [3.8, 4) is 0 Å². The average Bonchev–Trinajstić information content (AvgIpc) is 2.35. The smallest absolute Gasteiger partial charge is 0.224 e. The van der Waals surface area contributed by atoms with Gasteiger partial charge in [-0.1, -0.05) is 20.8 Å². The van der Waals surface area contributed by atoms with Gasteiger partial charge in [0.25, 0.3) is 0 Å². The van der Waals surface area contributed by atoms with Gasteiger partial charge in [0, 0.05) is 26.1 Å². The first-order chi connectivity index (χ1) is 8.59. The van der Waals surface area contributed by atoms with Gasteiger partial charge in [-0.3, -0.25) is 4.79 Å². The molecule has 1 N–H and O–H groups in total. The van der Waals surface area contributed by atoms with E-state index < -0.39 is 0 Å². The maximum Gasteiger partial charge on any atom is 0.224 e. The van der Waals surface area contributed by atoms with Crippen molar-refractivity contribution < 1.29 is 14.3 Å². The molecule has 5 nitrogen and oxygen atoms in total. The van der Waals surface area contributed by atoms with Gasteiger partial charge in [0.15, 0.2) is 0 Å². The summed E-state index contributed by atoms with van der Waals surface area (Å²) < 4.78 is 10.8. The van der Waals surface area contributed by atoms with Crippen LogP contribution in [0.3, 0.4) is 0 Å². The number of likely N-dealkylation sites (N-methyl/N-ethyl adjacent to an activating group) is 2. The van der Waals surface area contributed by atoms with Crippen LogP contribution in [0.15, 0.2) is 0 Å². The Labute approximate surface area is 111 Å². The molecule has 0 aromatic rings. The summed E-state index contributed by atoms with van der Waals surface area (Å²) >= 11 is 0. The van der Waals surface area contributed by atoms with E-state index >= 15 is 0 Å². The molecule has 0 radical (unpaired) electrons. The molecule has 108 valence electrons. The van der Waals surface area contributed by atoms with Gasteiger partial charge in [-0.05, 0) is 6.54 Å². The largest absolute Gasteiger partial charge is 0.378 e. The second-order valence-corrected chi connectivity index (χ2v) is 4.49. The lowest BCUT2D eigenvalue weighted by atomic mass is 10.2. The van der Waals surface area contributed by atoms with E-state index in [1.807, 2.05) is 13.8 Å². The maximum absolute atomic E-state index is 11.5. The number of nitrogens with one attached hydrogen (secondary N) is 1. The summed E-state index contributed by atoms with van der Waals surface area (Å²) in [5.74, 6) is 0.199. The van der Waals surface area contributed by atoms with Gasteiger partial charge in [-0.2, -0.15) is 0 Å². The second-order valence-electron chi connectivity index (χ2n) is 4.49. The first-order valence-electron chi connectivity index (χ1n) is 6.70. The second kappa shape index (κ2) is 11.4. The quantitative estimate of drug-likeness (QED) is 0.557. The molecule has 0 aliphatic rings. The Morgan fingerprint density at radius 3 is 2.33 bits per heavy atom. The van der Waals surface area contributed by atoms with E-state index in [1.165, 1.54) is 0 Å². The summed E-state index contributed by atoms with van der Waals surface area (Å²) in [5.41, 5.74) is 0. The van der Waals surface area contributed by atoms with E-state index in [9.17, 15) is 4.79 Å². The van der Waals surface area contributed by atoms with Gasteiger partial charge < -0.3 is 19.7 Å². The summed E-state index contributed by atoms with van der Waals surface area (Å²) in [7, 11) is 1.80. The van der Waals surface area contributed by atoms with Crippen molar-refractivity contribution in [2.45, 2.75) is 20.8 Å². The molecule has 0 saturated heterocycles. The lowest BCUT2D eigenvalue weighted by Gasteiger charge is -2.19. The van der Waals surface area contributed by atoms with E-state index in [-0.39, 0.29) is 11.8 Å². The molecule has 0 heterocycles. The molecule has 0 rings (SSSR count). The molecule has 0 spiro atoms. The third-order valence-electron chi connectivity index (χ3n) is 2.49. The fraction of sp³-hybridized carbons (Fsp3) is 0.923. The highest BCUT2D eigenvalue weighted by Crippen LogP contribution is 1.98. The molecule has 18 heavy (non-hydrogen) atoms. The van der Waals surface area contributed by atoms with Crippen LogP contribution in [0.4, 0.5) is 0 Å². The molecule has 5 heteroatoms. The van der Waals surface area contributed by atoms with Crippen LogP contribution in [-0.4, -0.2) is 63.9 Å². The van der Waals surface area contributed by atoms with Crippen LogP contribution < -0.4 is 5.32 Å². The van der Waals surface area contributed by atoms with Crippen LogP contribution in [0.1, 0.15) is 20.8 Å². The van der Waals surface area contributed by atoms with Crippen molar-refractivity contribution in [2.75, 3.05) is 53.1 Å². The Hall–Kier alpha value is -0.650. The monoisotopic (exact) mass is 260 g/mol. The molecular formula is C13H28N2O3. The Morgan fingerprint density at radius 1 is 1.17 bits per heavy atom. The molecule has 0 bridgehead atoms. The molecule has 1 amide bonds. The fourth-order valence-electron chi connectivity index (χ4n) is 1.40. The fourth-order valence-corrected chi connectivity index (χ4v) is 1.40. The highest BCUT2D eigenvalue weighted by atomic mass is 16.5. The van der Waals surface area contributed by atoms with E-state index in [0.29, 0.717) is 33.0 Å². The number of hydrogen-bond donors (Lipinski definition) is 1. The average molecular weight is 260 g/mol. The summed E-state index contributed by atoms with van der Waals surface area (Å²) in [5, 5.41) is 3.18. The Morgan fingerprint density at radius 2 is 1.78 bits per heavy atom. The number of carbonyl (C=O) groups excluding carboxylic acids is 1. The van der Waals surface area contributed by atoms with Crippen molar-refractivity contribution in [2.24, 2.45) is 5.92 Å². The molecule has 0 fully saturated rings. The van der Waals surface area contributed by atoms with Crippen molar-refractivity contribution in [1.29, 1.82) is 0 Å². The van der Waals surface area contributed by atoms with Gasteiger partial charge >= 0.3 is 0 Å². The Balaban J connectivity index is 3.27. The predicted octanol–water partition coefficient (Wildman–Crippen LogP) is 0.744. The number of hydrogen-bond acceptors (Lipinski definition) is 4. The third kappa shape index (κ3) is 9.39. The first kappa shape index (κ1) is 17.4. The molecule has 0 aromatic heterocycles. The zero-order valence-electron chi connectivity index (χ0n) is 12.2. The first-order valence-corrected chi connectivity index (χ1v) is 6.70. The predicted molar refractivity (Wildman–Crippen MR) is 72.7 cm³/mol. The summed E-state index contributed by atoms with van der Waals surface area (Å²) in [6.07, 6.45) is 0. The normalized spacial score (nSPS) is 10.9. The molecular weight excluding hydrogens is 232 g/mol. The third-order valence-corrected chi connectivity index (χ3v) is 2.49. The number of carbonyl (C=O) groups is 1. The van der Waals surface area contributed by atoms with Crippen molar-refractivity contribution in [3.05, 3.63) is 0 Å². The molecule has 0 saturated carbocycles. The summed E-state index contributed by atoms with van der Waals surface area (Å²) in [6, 6.07) is 0. The zero-order chi connectivity index (χ0) is 13.8. The summed E-state index contributed by atoms with van der Waals surface area (Å²) in [4.78, 5) is 13.3. The van der Waals surface area contributed by atoms with E-state index in [0.717, 1.165) is 13.1 Å². The molecule has 0 aliphatic heterocycles. The zero-order valence-corrected chi connectivity index (χ0v) is 12.2. The standard InChI is InChI=1S/C13H28N2O3/c1-5-14-6-8-17-10-11-18-9-7-15(4)13(16)12(2)3/h12,14H,5-11H2,1-4H3. The van der Waals surface area contributed by atoms with Crippen LogP contribution in [-0.2, 0) is 14.3 Å². The molecule has 0 aliphatic carbocycles. The number of amides is 1. The number of nitrogens with zero attached hydrogens (tertiary/aromatic N) is 1. The van der Waals surface area contributed by atoms with Crippen molar-refractivity contribution >= 4 is 5.91 Å². The van der Waals surface area contributed by atoms with E-state index in [2.05, 4.69) is 12.2 Å². The van der Waals surface area contributed by atoms with E-state index in [4.69, 9.17) is 9.47 Å². The van der Waals surface area contributed by atoms with E-state index in [1.54, 1.807) is 11.9 Å². The van der Waals surface area contributed by atoms with Crippen LogP contribution in [0.2, 0.25) is 0 Å². The lowest BCUT2D eigenvalue weighted by Crippen LogP contribution is -2.33. The molecule has 0 aromatic carbocycles. The minimum absolute atomic E-state index is 0.0457. The van der Waals surface area contributed by atoms with Crippen molar-refractivity contribution in [3.63, 3.8) is 0 Å². The van der Waals surface area contributed by atoms with Crippen LogP contribution in [0, 0.1) is 5.92 Å². The van der Waals surface area contributed by atoms with Gasteiger partial charge in [-0.15, -0.1) is 0 Å². The van der Waals surface area contributed by atoms with Crippen LogP contribution in [0.25, 0.3) is 0 Å². The SMILES string of the molecule is CCNCCOCCOCCN(C)C(=O)C(C)C. The Kier molecular flexibility index (Phi) is 11.0. The minimum Gasteiger partial charge on any atom is -0.378 e. The minimum atomic E-state index is 0.0457. The highest BCUT2D eigenvalue weighted by Gasteiger charge is 2.11. The lowest BCUT2D eigenvalue weighted by molar-refractivity contribution is -0.133. The molecule has 0 unspecified atom stereocenters. The van der Waals surface area contributed by atoms with Crippen LogP contribution in [0.5, 0.6) is 0 Å². The topological polar surface area (TPSA) is 50.8 Å². The summed E-state index contributed by atoms with van der Waals surface area (Å²) in [6.45, 7) is 10.8. The van der Waals surface area contributed by atoms with Crippen LogP contribution >= 0.6 is 0 Å². The van der Waals surface area contributed by atoms with Gasteiger partial charge in [0.05, 0.1) is 26.4 Å². The number of rotatable bonds is 11.